The van der Waals surface area contributed by atoms with Crippen LogP contribution >= 0.6 is 0 Å². The standard InChI is InChI=1S/C17H32N2/c1-4-15-10-18-17(14-6-7-14)11-19(15)16-8-5-12(2)13(3)9-16/h12-18H,4-11H2,1-3H3. The molecule has 110 valence electrons. The molecule has 0 aromatic rings. The van der Waals surface area contributed by atoms with Crippen molar-refractivity contribution >= 4 is 0 Å². The maximum Gasteiger partial charge on any atom is 0.0224 e. The molecule has 2 heteroatoms. The Morgan fingerprint density at radius 2 is 1.84 bits per heavy atom. The van der Waals surface area contributed by atoms with Crippen LogP contribution in [0.5, 0.6) is 0 Å². The Kier molecular flexibility index (Phi) is 4.19. The maximum absolute atomic E-state index is 3.83. The molecule has 0 spiro atoms. The number of piperazine rings is 1. The molecule has 2 aliphatic carbocycles. The summed E-state index contributed by atoms with van der Waals surface area (Å²) in [5.74, 6) is 2.87. The number of hydrogen-bond donors (Lipinski definition) is 1. The molecule has 1 heterocycles. The summed E-state index contributed by atoms with van der Waals surface area (Å²) in [4.78, 5) is 2.90. The fraction of sp³-hybridized carbons (Fsp3) is 1.00. The molecule has 0 aromatic carbocycles. The third-order valence-electron chi connectivity index (χ3n) is 6.19. The molecule has 3 rings (SSSR count). The lowest BCUT2D eigenvalue weighted by molar-refractivity contribution is 0.0340. The summed E-state index contributed by atoms with van der Waals surface area (Å²) in [5.41, 5.74) is 0. The fourth-order valence-electron chi connectivity index (χ4n) is 4.31. The SMILES string of the molecule is CCC1CNC(C2CC2)CN1C1CCC(C)C(C)C1. The molecule has 5 atom stereocenters. The van der Waals surface area contributed by atoms with Crippen LogP contribution in [0, 0.1) is 17.8 Å². The van der Waals surface area contributed by atoms with E-state index < -0.39 is 0 Å². The first-order valence-corrected chi connectivity index (χ1v) is 8.68. The monoisotopic (exact) mass is 264 g/mol. The van der Waals surface area contributed by atoms with Crippen molar-refractivity contribution < 1.29 is 0 Å². The zero-order valence-corrected chi connectivity index (χ0v) is 13.1. The second-order valence-corrected chi connectivity index (χ2v) is 7.53. The molecule has 2 saturated carbocycles. The maximum atomic E-state index is 3.83. The van der Waals surface area contributed by atoms with Crippen LogP contribution in [0.1, 0.15) is 59.3 Å². The third kappa shape index (κ3) is 3.00. The van der Waals surface area contributed by atoms with Crippen LogP contribution in [0.15, 0.2) is 0 Å². The molecule has 0 amide bonds. The van der Waals surface area contributed by atoms with Gasteiger partial charge in [-0.05, 0) is 56.3 Å². The van der Waals surface area contributed by atoms with Gasteiger partial charge in [-0.25, -0.2) is 0 Å². The van der Waals surface area contributed by atoms with Crippen LogP contribution in [0.2, 0.25) is 0 Å². The first-order valence-electron chi connectivity index (χ1n) is 8.68. The van der Waals surface area contributed by atoms with Gasteiger partial charge in [0.1, 0.15) is 0 Å². The zero-order valence-electron chi connectivity index (χ0n) is 13.1. The lowest BCUT2D eigenvalue weighted by Crippen LogP contribution is -2.60. The van der Waals surface area contributed by atoms with E-state index in [-0.39, 0.29) is 0 Å². The summed E-state index contributed by atoms with van der Waals surface area (Å²) in [6.07, 6.45) is 8.58. The molecule has 0 aromatic heterocycles. The largest absolute Gasteiger partial charge is 0.311 e. The van der Waals surface area contributed by atoms with Gasteiger partial charge in [0.2, 0.25) is 0 Å². The number of nitrogens with one attached hydrogen (secondary N) is 1. The van der Waals surface area contributed by atoms with Crippen LogP contribution in [-0.4, -0.2) is 36.1 Å². The second kappa shape index (κ2) is 5.73. The Bertz CT molecular complexity index is 300. The highest BCUT2D eigenvalue weighted by atomic mass is 15.3. The fourth-order valence-corrected chi connectivity index (χ4v) is 4.31. The van der Waals surface area contributed by atoms with Gasteiger partial charge >= 0.3 is 0 Å². The first-order chi connectivity index (χ1) is 9.19. The van der Waals surface area contributed by atoms with E-state index in [4.69, 9.17) is 0 Å². The summed E-state index contributed by atoms with van der Waals surface area (Å²) in [6, 6.07) is 2.47. The van der Waals surface area contributed by atoms with Crippen molar-refractivity contribution in [3.63, 3.8) is 0 Å². The minimum absolute atomic E-state index is 0.792. The van der Waals surface area contributed by atoms with E-state index in [9.17, 15) is 0 Å². The zero-order chi connectivity index (χ0) is 13.4. The van der Waals surface area contributed by atoms with E-state index >= 15 is 0 Å². The van der Waals surface area contributed by atoms with Crippen LogP contribution in [0.25, 0.3) is 0 Å². The topological polar surface area (TPSA) is 15.3 Å². The Morgan fingerprint density at radius 1 is 1.05 bits per heavy atom. The molecule has 5 unspecified atom stereocenters. The number of rotatable bonds is 3. The van der Waals surface area contributed by atoms with E-state index in [1.807, 2.05) is 0 Å². The average Bonchev–Trinajstić information content (AvgIpc) is 3.26. The molecule has 19 heavy (non-hydrogen) atoms. The van der Waals surface area contributed by atoms with E-state index in [2.05, 4.69) is 31.0 Å². The van der Waals surface area contributed by atoms with Crippen molar-refractivity contribution in [3.05, 3.63) is 0 Å². The quantitative estimate of drug-likeness (QED) is 0.841. The molecule has 2 nitrogen and oxygen atoms in total. The minimum Gasteiger partial charge on any atom is -0.311 e. The lowest BCUT2D eigenvalue weighted by Gasteiger charge is -2.48. The van der Waals surface area contributed by atoms with Gasteiger partial charge in [-0.3, -0.25) is 4.90 Å². The predicted octanol–water partition coefficient (Wildman–Crippen LogP) is 3.27. The molecule has 1 saturated heterocycles. The van der Waals surface area contributed by atoms with Crippen LogP contribution < -0.4 is 5.32 Å². The summed E-state index contributed by atoms with van der Waals surface area (Å²) in [5, 5.41) is 3.83. The minimum atomic E-state index is 0.792. The van der Waals surface area contributed by atoms with Crippen molar-refractivity contribution in [1.82, 2.24) is 10.2 Å². The van der Waals surface area contributed by atoms with E-state index in [0.29, 0.717) is 0 Å². The normalized spacial score (nSPS) is 45.3. The van der Waals surface area contributed by atoms with Gasteiger partial charge in [-0.1, -0.05) is 20.8 Å². The van der Waals surface area contributed by atoms with Gasteiger partial charge in [0.15, 0.2) is 0 Å². The highest BCUT2D eigenvalue weighted by molar-refractivity contribution is 4.97. The van der Waals surface area contributed by atoms with Gasteiger partial charge in [-0.2, -0.15) is 0 Å². The third-order valence-corrected chi connectivity index (χ3v) is 6.19. The molecular weight excluding hydrogens is 232 g/mol. The highest BCUT2D eigenvalue weighted by Gasteiger charge is 2.40. The van der Waals surface area contributed by atoms with E-state index in [0.717, 1.165) is 35.9 Å². The predicted molar refractivity (Wildman–Crippen MR) is 81.3 cm³/mol. The summed E-state index contributed by atoms with van der Waals surface area (Å²) in [7, 11) is 0. The molecular formula is C17H32N2. The van der Waals surface area contributed by atoms with E-state index in [1.165, 1.54) is 51.6 Å². The molecule has 0 bridgehead atoms. The van der Waals surface area contributed by atoms with Gasteiger partial charge < -0.3 is 5.32 Å². The van der Waals surface area contributed by atoms with Crippen molar-refractivity contribution in [2.45, 2.75) is 77.4 Å². The van der Waals surface area contributed by atoms with Crippen LogP contribution in [-0.2, 0) is 0 Å². The average molecular weight is 264 g/mol. The highest BCUT2D eigenvalue weighted by Crippen LogP contribution is 2.38. The second-order valence-electron chi connectivity index (χ2n) is 7.53. The first kappa shape index (κ1) is 13.9. The molecule has 3 fully saturated rings. The Hall–Kier alpha value is -0.0800. The van der Waals surface area contributed by atoms with Crippen molar-refractivity contribution in [2.24, 2.45) is 17.8 Å². The summed E-state index contributed by atoms with van der Waals surface area (Å²) >= 11 is 0. The molecule has 1 aliphatic heterocycles. The number of nitrogens with zero attached hydrogens (tertiary/aromatic N) is 1. The van der Waals surface area contributed by atoms with Crippen molar-refractivity contribution in [2.75, 3.05) is 13.1 Å². The molecule has 1 N–H and O–H groups in total. The van der Waals surface area contributed by atoms with Gasteiger partial charge in [0.25, 0.3) is 0 Å². The van der Waals surface area contributed by atoms with Crippen LogP contribution in [0.4, 0.5) is 0 Å². The smallest absolute Gasteiger partial charge is 0.0224 e. The summed E-state index contributed by atoms with van der Waals surface area (Å²) < 4.78 is 0. The molecule has 3 aliphatic rings. The van der Waals surface area contributed by atoms with Crippen molar-refractivity contribution in [3.8, 4) is 0 Å². The van der Waals surface area contributed by atoms with E-state index in [1.54, 1.807) is 0 Å². The Labute approximate surface area is 119 Å². The lowest BCUT2D eigenvalue weighted by atomic mass is 9.78. The van der Waals surface area contributed by atoms with Gasteiger partial charge in [0.05, 0.1) is 0 Å². The van der Waals surface area contributed by atoms with Gasteiger partial charge in [0, 0.05) is 31.2 Å². The number of hydrogen-bond acceptors (Lipinski definition) is 2. The Morgan fingerprint density at radius 3 is 2.47 bits per heavy atom. The van der Waals surface area contributed by atoms with Crippen molar-refractivity contribution in [1.29, 1.82) is 0 Å². The van der Waals surface area contributed by atoms with Crippen LogP contribution in [0.3, 0.4) is 0 Å². The van der Waals surface area contributed by atoms with Gasteiger partial charge in [-0.15, -0.1) is 0 Å². The Balaban J connectivity index is 1.64. The molecule has 0 radical (unpaired) electrons. The summed E-state index contributed by atoms with van der Waals surface area (Å²) in [6.45, 7) is 9.85.